The van der Waals surface area contributed by atoms with Crippen LogP contribution >= 0.6 is 0 Å². The Bertz CT molecular complexity index is 721. The van der Waals surface area contributed by atoms with Crippen LogP contribution in [-0.4, -0.2) is 42.4 Å². The van der Waals surface area contributed by atoms with Crippen LogP contribution < -0.4 is 0 Å². The molecular formula is C21H28N2O2. The van der Waals surface area contributed by atoms with Gasteiger partial charge in [0.05, 0.1) is 5.56 Å². The van der Waals surface area contributed by atoms with Crippen LogP contribution in [0.4, 0.5) is 0 Å². The molecule has 0 bridgehead atoms. The van der Waals surface area contributed by atoms with Crippen LogP contribution in [0.5, 0.6) is 0 Å². The van der Waals surface area contributed by atoms with Gasteiger partial charge in [-0.2, -0.15) is 0 Å². The highest BCUT2D eigenvalue weighted by atomic mass is 16.3. The number of nitrogens with zero attached hydrogens (tertiary/aromatic N) is 2. The predicted octanol–water partition coefficient (Wildman–Crippen LogP) is 3.67. The molecule has 25 heavy (non-hydrogen) atoms. The van der Waals surface area contributed by atoms with Crippen molar-refractivity contribution in [2.24, 2.45) is 0 Å². The molecule has 1 aromatic carbocycles. The summed E-state index contributed by atoms with van der Waals surface area (Å²) in [6.07, 6.45) is 2.88. The molecule has 134 valence electrons. The minimum Gasteiger partial charge on any atom is -0.465 e. The number of hydrogen-bond acceptors (Lipinski definition) is 3. The van der Waals surface area contributed by atoms with E-state index < -0.39 is 0 Å². The zero-order valence-corrected chi connectivity index (χ0v) is 15.5. The highest BCUT2D eigenvalue weighted by molar-refractivity contribution is 5.96. The summed E-state index contributed by atoms with van der Waals surface area (Å²) < 4.78 is 5.92. The third-order valence-corrected chi connectivity index (χ3v) is 4.98. The second-order valence-corrected chi connectivity index (χ2v) is 6.92. The lowest BCUT2D eigenvalue weighted by molar-refractivity contribution is 0.0791. The van der Waals surface area contributed by atoms with E-state index in [1.165, 1.54) is 5.56 Å². The number of aryl methyl sites for hydroxylation is 1. The van der Waals surface area contributed by atoms with Crippen molar-refractivity contribution in [3.8, 4) is 0 Å². The van der Waals surface area contributed by atoms with Crippen molar-refractivity contribution in [2.45, 2.75) is 39.7 Å². The van der Waals surface area contributed by atoms with Crippen molar-refractivity contribution in [1.82, 2.24) is 9.80 Å². The molecule has 1 amide bonds. The molecule has 4 nitrogen and oxygen atoms in total. The van der Waals surface area contributed by atoms with Crippen LogP contribution in [0.15, 0.2) is 34.7 Å². The molecule has 0 saturated heterocycles. The van der Waals surface area contributed by atoms with Gasteiger partial charge in [0.25, 0.3) is 5.91 Å². The summed E-state index contributed by atoms with van der Waals surface area (Å²) in [5.41, 5.74) is 3.25. The predicted molar refractivity (Wildman–Crippen MR) is 99.8 cm³/mol. The maximum Gasteiger partial charge on any atom is 0.257 e. The van der Waals surface area contributed by atoms with Crippen molar-refractivity contribution in [3.63, 3.8) is 0 Å². The summed E-state index contributed by atoms with van der Waals surface area (Å²) >= 11 is 0. The highest BCUT2D eigenvalue weighted by Gasteiger charge is 2.29. The number of carbonyl (C=O) groups is 1. The Morgan fingerprint density at radius 2 is 2.04 bits per heavy atom. The first kappa shape index (κ1) is 17.7. The largest absolute Gasteiger partial charge is 0.465 e. The highest BCUT2D eigenvalue weighted by Crippen LogP contribution is 2.29. The van der Waals surface area contributed by atoms with Crippen LogP contribution in [0, 0.1) is 6.92 Å². The number of fused-ring (bicyclic) bond motifs is 1. The second kappa shape index (κ2) is 7.87. The van der Waals surface area contributed by atoms with Gasteiger partial charge in [-0.05, 0) is 25.3 Å². The first-order valence-electron chi connectivity index (χ1n) is 9.23. The summed E-state index contributed by atoms with van der Waals surface area (Å²) in [5.74, 6) is 1.86. The van der Waals surface area contributed by atoms with Crippen molar-refractivity contribution < 1.29 is 9.21 Å². The third kappa shape index (κ3) is 3.96. The Morgan fingerprint density at radius 3 is 2.76 bits per heavy atom. The molecule has 0 spiro atoms. The van der Waals surface area contributed by atoms with Gasteiger partial charge in [-0.25, -0.2) is 0 Å². The lowest BCUT2D eigenvalue weighted by atomic mass is 10.0. The van der Waals surface area contributed by atoms with Crippen LogP contribution in [-0.2, 0) is 19.4 Å². The van der Waals surface area contributed by atoms with Crippen molar-refractivity contribution in [3.05, 3.63) is 58.5 Å². The van der Waals surface area contributed by atoms with Crippen molar-refractivity contribution >= 4 is 5.91 Å². The van der Waals surface area contributed by atoms with Gasteiger partial charge in [-0.3, -0.25) is 9.69 Å². The Morgan fingerprint density at radius 1 is 1.28 bits per heavy atom. The third-order valence-electron chi connectivity index (χ3n) is 4.98. The van der Waals surface area contributed by atoms with Crippen LogP contribution in [0.2, 0.25) is 0 Å². The molecule has 1 aliphatic heterocycles. The van der Waals surface area contributed by atoms with Gasteiger partial charge in [-0.15, -0.1) is 0 Å². The number of amides is 1. The molecule has 0 fully saturated rings. The first-order chi connectivity index (χ1) is 12.1. The average molecular weight is 340 g/mol. The fraction of sp³-hybridized carbons (Fsp3) is 0.476. The minimum atomic E-state index is 0.0919. The number of furan rings is 1. The fourth-order valence-corrected chi connectivity index (χ4v) is 3.61. The Labute approximate surface area is 150 Å². The van der Waals surface area contributed by atoms with E-state index in [-0.39, 0.29) is 5.91 Å². The summed E-state index contributed by atoms with van der Waals surface area (Å²) in [7, 11) is 1.88. The van der Waals surface area contributed by atoms with E-state index in [0.29, 0.717) is 0 Å². The first-order valence-corrected chi connectivity index (χ1v) is 9.23. The van der Waals surface area contributed by atoms with Gasteiger partial charge in [0.15, 0.2) is 0 Å². The van der Waals surface area contributed by atoms with Crippen LogP contribution in [0.3, 0.4) is 0 Å². The molecule has 0 N–H and O–H groups in total. The molecule has 0 unspecified atom stereocenters. The van der Waals surface area contributed by atoms with Gasteiger partial charge in [0.1, 0.15) is 11.5 Å². The van der Waals surface area contributed by atoms with Gasteiger partial charge >= 0.3 is 0 Å². The smallest absolute Gasteiger partial charge is 0.257 e. The lowest BCUT2D eigenvalue weighted by Crippen LogP contribution is -2.34. The molecule has 4 heteroatoms. The van der Waals surface area contributed by atoms with E-state index in [4.69, 9.17) is 4.42 Å². The second-order valence-electron chi connectivity index (χ2n) is 6.92. The normalized spacial score (nSPS) is 14.4. The summed E-state index contributed by atoms with van der Waals surface area (Å²) in [6, 6.07) is 10.6. The van der Waals surface area contributed by atoms with Gasteiger partial charge < -0.3 is 9.32 Å². The maximum absolute atomic E-state index is 12.8. The summed E-state index contributed by atoms with van der Waals surface area (Å²) in [5, 5.41) is 0. The maximum atomic E-state index is 12.8. The van der Waals surface area contributed by atoms with Crippen LogP contribution in [0.1, 0.15) is 46.3 Å². The number of benzene rings is 1. The summed E-state index contributed by atoms with van der Waals surface area (Å²) in [6.45, 7) is 7.58. The lowest BCUT2D eigenvalue weighted by Gasteiger charge is -2.27. The topological polar surface area (TPSA) is 36.7 Å². The molecule has 0 saturated carbocycles. The average Bonchev–Trinajstić information content (AvgIpc) is 2.95. The van der Waals surface area contributed by atoms with Crippen molar-refractivity contribution in [2.75, 3.05) is 26.7 Å². The van der Waals surface area contributed by atoms with Crippen LogP contribution in [0.25, 0.3) is 0 Å². The van der Waals surface area contributed by atoms with E-state index in [1.54, 1.807) is 4.90 Å². The molecule has 2 heterocycles. The molecule has 2 aromatic rings. The molecule has 1 aliphatic rings. The van der Waals surface area contributed by atoms with E-state index >= 15 is 0 Å². The zero-order chi connectivity index (χ0) is 17.8. The Kier molecular flexibility index (Phi) is 5.59. The molecule has 3 rings (SSSR count). The molecule has 0 aliphatic carbocycles. The Balaban J connectivity index is 1.72. The van der Waals surface area contributed by atoms with Gasteiger partial charge in [-0.1, -0.05) is 37.3 Å². The number of carbonyl (C=O) groups excluding carboxylic acids is 1. The zero-order valence-electron chi connectivity index (χ0n) is 15.5. The molecule has 0 atom stereocenters. The van der Waals surface area contributed by atoms with E-state index in [0.717, 1.165) is 68.1 Å². The SMILES string of the molecule is CCCN(C)C(=O)c1c(C)oc2c1CN(CCc1ccccc1)CC2. The Hall–Kier alpha value is -2.07. The van der Waals surface area contributed by atoms with Gasteiger partial charge in [0, 0.05) is 45.2 Å². The molecular weight excluding hydrogens is 312 g/mol. The number of hydrogen-bond donors (Lipinski definition) is 0. The monoisotopic (exact) mass is 340 g/mol. The molecule has 0 radical (unpaired) electrons. The quantitative estimate of drug-likeness (QED) is 0.805. The standard InChI is InChI=1S/C21H28N2O2/c1-4-12-22(3)21(24)20-16(2)25-19-11-14-23(15-18(19)20)13-10-17-8-6-5-7-9-17/h5-9H,4,10-15H2,1-3H3. The van der Waals surface area contributed by atoms with Gasteiger partial charge in [0.2, 0.25) is 0 Å². The van der Waals surface area contributed by atoms with E-state index in [2.05, 4.69) is 42.2 Å². The fourth-order valence-electron chi connectivity index (χ4n) is 3.61. The van der Waals surface area contributed by atoms with Crippen molar-refractivity contribution in [1.29, 1.82) is 0 Å². The van der Waals surface area contributed by atoms with E-state index in [1.807, 2.05) is 14.0 Å². The molecule has 1 aromatic heterocycles. The summed E-state index contributed by atoms with van der Waals surface area (Å²) in [4.78, 5) is 17.1. The van der Waals surface area contributed by atoms with E-state index in [9.17, 15) is 4.79 Å². The number of rotatable bonds is 6. The minimum absolute atomic E-state index is 0.0919.